The fourth-order valence-corrected chi connectivity index (χ4v) is 2.22. The van der Waals surface area contributed by atoms with Crippen molar-refractivity contribution < 1.29 is 19.2 Å². The van der Waals surface area contributed by atoms with Gasteiger partial charge in [-0.25, -0.2) is 9.18 Å². The van der Waals surface area contributed by atoms with Crippen molar-refractivity contribution >= 4 is 33.9 Å². The van der Waals surface area contributed by atoms with E-state index in [1.807, 2.05) is 0 Å². The summed E-state index contributed by atoms with van der Waals surface area (Å²) in [7, 11) is 0. The molecule has 8 nitrogen and oxygen atoms in total. The summed E-state index contributed by atoms with van der Waals surface area (Å²) in [5.41, 5.74) is -0.620. The van der Waals surface area contributed by atoms with Gasteiger partial charge in [0.05, 0.1) is 16.6 Å². The number of nitrogens with one attached hydrogen (secondary N) is 2. The number of carboxylic acids is 1. The highest BCUT2D eigenvalue weighted by atomic mass is 19.1. The molecule has 0 aliphatic heterocycles. The van der Waals surface area contributed by atoms with Gasteiger partial charge in [0.2, 0.25) is 0 Å². The molecule has 0 aliphatic rings. The van der Waals surface area contributed by atoms with Crippen molar-refractivity contribution in [2.24, 2.45) is 0 Å². The maximum atomic E-state index is 13.8. The third-order valence-electron chi connectivity index (χ3n) is 3.25. The number of nitrogens with zero attached hydrogens (tertiary/aromatic N) is 2. The Kier molecular flexibility index (Phi) is 3.37. The van der Waals surface area contributed by atoms with Crippen LogP contribution in [0.1, 0.15) is 10.4 Å². The zero-order valence-electron chi connectivity index (χ0n) is 11.4. The summed E-state index contributed by atoms with van der Waals surface area (Å²) in [6.07, 6.45) is 1.54. The Morgan fingerprint density at radius 3 is 2.83 bits per heavy atom. The second kappa shape index (κ2) is 5.37. The normalized spacial score (nSPS) is 10.7. The van der Waals surface area contributed by atoms with E-state index in [4.69, 9.17) is 5.11 Å². The summed E-state index contributed by atoms with van der Waals surface area (Å²) in [5, 5.41) is 30.2. The number of hydrogen-bond donors (Lipinski definition) is 3. The molecule has 3 N–H and O–H groups in total. The van der Waals surface area contributed by atoms with Crippen LogP contribution < -0.4 is 5.32 Å². The topological polar surface area (TPSA) is 121 Å². The molecule has 1 heterocycles. The van der Waals surface area contributed by atoms with Gasteiger partial charge in [0.25, 0.3) is 5.69 Å². The van der Waals surface area contributed by atoms with Gasteiger partial charge < -0.3 is 10.4 Å². The molecule has 0 amide bonds. The van der Waals surface area contributed by atoms with E-state index in [9.17, 15) is 19.3 Å². The summed E-state index contributed by atoms with van der Waals surface area (Å²) in [6, 6.07) is 6.52. The summed E-state index contributed by atoms with van der Waals surface area (Å²) in [6.45, 7) is 0. The molecule has 1 aromatic heterocycles. The highest BCUT2D eigenvalue weighted by Gasteiger charge is 2.25. The molecule has 116 valence electrons. The molecular weight excluding hydrogens is 307 g/mol. The average molecular weight is 316 g/mol. The number of benzene rings is 2. The van der Waals surface area contributed by atoms with Crippen LogP contribution in [-0.4, -0.2) is 26.2 Å². The Morgan fingerprint density at radius 2 is 2.13 bits per heavy atom. The Bertz CT molecular complexity index is 938. The zero-order valence-corrected chi connectivity index (χ0v) is 11.4. The van der Waals surface area contributed by atoms with E-state index in [1.54, 1.807) is 24.4 Å². The molecule has 3 aromatic rings. The number of carboxylic acid groups (broad SMARTS) is 1. The van der Waals surface area contributed by atoms with E-state index in [2.05, 4.69) is 15.5 Å². The van der Waals surface area contributed by atoms with E-state index in [-0.39, 0.29) is 0 Å². The molecule has 0 spiro atoms. The first kappa shape index (κ1) is 14.4. The van der Waals surface area contributed by atoms with E-state index in [0.717, 1.165) is 17.6 Å². The van der Waals surface area contributed by atoms with Gasteiger partial charge >= 0.3 is 5.97 Å². The lowest BCUT2D eigenvalue weighted by molar-refractivity contribution is -0.384. The minimum atomic E-state index is -1.60. The first-order valence-electron chi connectivity index (χ1n) is 6.37. The third-order valence-corrected chi connectivity index (χ3v) is 3.25. The number of nitro benzene ring substituents is 1. The smallest absolute Gasteiger partial charge is 0.341 e. The molecule has 0 saturated heterocycles. The van der Waals surface area contributed by atoms with Crippen LogP contribution in [0.5, 0.6) is 0 Å². The number of carbonyl (C=O) groups is 1. The van der Waals surface area contributed by atoms with Gasteiger partial charge in [-0.3, -0.25) is 15.2 Å². The van der Waals surface area contributed by atoms with E-state index in [0.29, 0.717) is 11.1 Å². The number of aromatic amines is 1. The van der Waals surface area contributed by atoms with E-state index in [1.165, 1.54) is 0 Å². The molecule has 0 aliphatic carbocycles. The fourth-order valence-electron chi connectivity index (χ4n) is 2.22. The minimum Gasteiger partial charge on any atom is -0.478 e. The van der Waals surface area contributed by atoms with Crippen molar-refractivity contribution in [1.29, 1.82) is 0 Å². The predicted octanol–water partition coefficient (Wildman–Crippen LogP) is 3.05. The lowest BCUT2D eigenvalue weighted by Gasteiger charge is -2.11. The molecular formula is C14H9FN4O4. The second-order valence-corrected chi connectivity index (χ2v) is 4.68. The van der Waals surface area contributed by atoms with Gasteiger partial charge in [-0.05, 0) is 24.3 Å². The van der Waals surface area contributed by atoms with Gasteiger partial charge in [0, 0.05) is 17.1 Å². The first-order valence-corrected chi connectivity index (χ1v) is 6.37. The maximum absolute atomic E-state index is 13.8. The van der Waals surface area contributed by atoms with E-state index >= 15 is 0 Å². The number of halogens is 1. The molecule has 9 heteroatoms. The van der Waals surface area contributed by atoms with Crippen LogP contribution in [0.3, 0.4) is 0 Å². The van der Waals surface area contributed by atoms with E-state index < -0.39 is 33.6 Å². The number of anilines is 2. The molecule has 23 heavy (non-hydrogen) atoms. The molecule has 2 aromatic carbocycles. The summed E-state index contributed by atoms with van der Waals surface area (Å²) < 4.78 is 13.8. The molecule has 0 fully saturated rings. The van der Waals surface area contributed by atoms with Gasteiger partial charge in [-0.2, -0.15) is 5.10 Å². The van der Waals surface area contributed by atoms with Crippen LogP contribution >= 0.6 is 0 Å². The van der Waals surface area contributed by atoms with Crippen LogP contribution in [0.15, 0.2) is 36.5 Å². The number of fused-ring (bicyclic) bond motifs is 1. The highest BCUT2D eigenvalue weighted by Crippen LogP contribution is 2.33. The Balaban J connectivity index is 2.15. The van der Waals surface area contributed by atoms with Crippen molar-refractivity contribution in [2.45, 2.75) is 0 Å². The number of hydrogen-bond acceptors (Lipinski definition) is 5. The predicted molar refractivity (Wildman–Crippen MR) is 79.4 cm³/mol. The SMILES string of the molecule is O=C(O)c1c(F)ccc([N+](=O)[O-])c1Nc1ccc2[nH]ncc2c1. The Labute approximate surface area is 127 Å². The monoisotopic (exact) mass is 316 g/mol. The molecule has 0 saturated carbocycles. The van der Waals surface area contributed by atoms with Crippen LogP contribution in [0.25, 0.3) is 10.9 Å². The minimum absolute atomic E-state index is 0.370. The Hall–Kier alpha value is -3.49. The largest absolute Gasteiger partial charge is 0.478 e. The van der Waals surface area contributed by atoms with Crippen molar-refractivity contribution in [1.82, 2.24) is 10.2 Å². The quantitative estimate of drug-likeness (QED) is 0.502. The average Bonchev–Trinajstić information content (AvgIpc) is 2.94. The number of H-pyrrole nitrogens is 1. The fraction of sp³-hybridized carbons (Fsp3) is 0. The number of aromatic nitrogens is 2. The summed E-state index contributed by atoms with van der Waals surface area (Å²) in [5.74, 6) is -2.66. The second-order valence-electron chi connectivity index (χ2n) is 4.68. The van der Waals surface area contributed by atoms with Crippen molar-refractivity contribution in [3.63, 3.8) is 0 Å². The Morgan fingerprint density at radius 1 is 1.35 bits per heavy atom. The summed E-state index contributed by atoms with van der Waals surface area (Å²) in [4.78, 5) is 21.6. The number of nitro groups is 1. The standard InChI is InChI=1S/C14H9FN4O4/c15-9-2-4-11(19(22)23)13(12(9)14(20)21)17-8-1-3-10-7(5-8)6-16-18-10/h1-6,17H,(H,16,18)(H,20,21). The van der Waals surface area contributed by atoms with Crippen molar-refractivity contribution in [3.8, 4) is 0 Å². The van der Waals surface area contributed by atoms with Crippen LogP contribution in [0, 0.1) is 15.9 Å². The molecule has 0 bridgehead atoms. The van der Waals surface area contributed by atoms with Crippen molar-refractivity contribution in [2.75, 3.05) is 5.32 Å². The molecule has 0 atom stereocenters. The van der Waals surface area contributed by atoms with Crippen molar-refractivity contribution in [3.05, 3.63) is 58.0 Å². The van der Waals surface area contributed by atoms with Crippen LogP contribution in [0.2, 0.25) is 0 Å². The first-order chi connectivity index (χ1) is 11.0. The van der Waals surface area contributed by atoms with Gasteiger partial charge in [0.1, 0.15) is 17.1 Å². The van der Waals surface area contributed by atoms with Gasteiger partial charge in [-0.15, -0.1) is 0 Å². The highest BCUT2D eigenvalue weighted by molar-refractivity contribution is 5.98. The third kappa shape index (κ3) is 2.55. The lowest BCUT2D eigenvalue weighted by Crippen LogP contribution is -2.08. The molecule has 0 radical (unpaired) electrons. The van der Waals surface area contributed by atoms with Crippen LogP contribution in [0.4, 0.5) is 21.5 Å². The molecule has 0 unspecified atom stereocenters. The van der Waals surface area contributed by atoms with Gasteiger partial charge in [0.15, 0.2) is 0 Å². The number of rotatable bonds is 4. The van der Waals surface area contributed by atoms with Crippen LogP contribution in [-0.2, 0) is 0 Å². The maximum Gasteiger partial charge on any atom is 0.341 e. The number of aromatic carboxylic acids is 1. The summed E-state index contributed by atoms with van der Waals surface area (Å²) >= 11 is 0. The lowest BCUT2D eigenvalue weighted by atomic mass is 10.1. The zero-order chi connectivity index (χ0) is 16.6. The van der Waals surface area contributed by atoms with Gasteiger partial charge in [-0.1, -0.05) is 0 Å². The molecule has 3 rings (SSSR count).